The van der Waals surface area contributed by atoms with Crippen molar-refractivity contribution in [2.75, 3.05) is 0 Å². The van der Waals surface area contributed by atoms with Crippen molar-refractivity contribution in [3.8, 4) is 11.5 Å². The van der Waals surface area contributed by atoms with Crippen molar-refractivity contribution in [3.63, 3.8) is 0 Å². The van der Waals surface area contributed by atoms with Gasteiger partial charge in [-0.25, -0.2) is 0 Å². The summed E-state index contributed by atoms with van der Waals surface area (Å²) in [5.41, 5.74) is 5.45. The molecule has 0 heterocycles. The Hall–Kier alpha value is -1.82. The van der Waals surface area contributed by atoms with Crippen LogP contribution >= 0.6 is 12.2 Å². The molecule has 6 heteroatoms. The third-order valence-corrected chi connectivity index (χ3v) is 2.28. The SMILES string of the molecule is CC(CC(N)=S)NC(=O)c1ccc(O)cc1O. The Bertz CT molecular complexity index is 448. The highest BCUT2D eigenvalue weighted by Gasteiger charge is 2.14. The van der Waals surface area contributed by atoms with Crippen molar-refractivity contribution in [1.82, 2.24) is 5.32 Å². The highest BCUT2D eigenvalue weighted by atomic mass is 32.1. The fourth-order valence-corrected chi connectivity index (χ4v) is 1.62. The van der Waals surface area contributed by atoms with Crippen molar-refractivity contribution in [1.29, 1.82) is 0 Å². The molecule has 0 fully saturated rings. The van der Waals surface area contributed by atoms with E-state index in [0.29, 0.717) is 11.4 Å². The monoisotopic (exact) mass is 254 g/mol. The predicted octanol–water partition coefficient (Wildman–Crippen LogP) is 0.892. The molecular weight excluding hydrogens is 240 g/mol. The zero-order valence-electron chi connectivity index (χ0n) is 9.30. The Morgan fingerprint density at radius 3 is 2.71 bits per heavy atom. The Balaban J connectivity index is 2.73. The van der Waals surface area contributed by atoms with Crippen LogP contribution in [0, 0.1) is 0 Å². The Kier molecular flexibility index (Phi) is 4.28. The number of carbonyl (C=O) groups is 1. The van der Waals surface area contributed by atoms with Gasteiger partial charge in [-0.3, -0.25) is 4.79 Å². The summed E-state index contributed by atoms with van der Waals surface area (Å²) in [7, 11) is 0. The van der Waals surface area contributed by atoms with Crippen LogP contribution in [-0.2, 0) is 0 Å². The van der Waals surface area contributed by atoms with Gasteiger partial charge < -0.3 is 21.3 Å². The van der Waals surface area contributed by atoms with Crippen LogP contribution in [0.4, 0.5) is 0 Å². The van der Waals surface area contributed by atoms with Crippen molar-refractivity contribution < 1.29 is 15.0 Å². The molecule has 0 aromatic heterocycles. The number of aromatic hydroxyl groups is 2. The molecule has 5 N–H and O–H groups in total. The van der Waals surface area contributed by atoms with Crippen molar-refractivity contribution >= 4 is 23.1 Å². The molecule has 17 heavy (non-hydrogen) atoms. The summed E-state index contributed by atoms with van der Waals surface area (Å²) in [5, 5.41) is 21.2. The highest BCUT2D eigenvalue weighted by molar-refractivity contribution is 7.80. The number of thiocarbonyl (C=S) groups is 1. The molecule has 1 atom stereocenters. The zero-order valence-corrected chi connectivity index (χ0v) is 10.1. The van der Waals surface area contributed by atoms with E-state index in [0.717, 1.165) is 6.07 Å². The zero-order chi connectivity index (χ0) is 13.0. The number of hydrogen-bond acceptors (Lipinski definition) is 4. The number of rotatable bonds is 4. The van der Waals surface area contributed by atoms with E-state index in [4.69, 9.17) is 23.1 Å². The van der Waals surface area contributed by atoms with Gasteiger partial charge in [-0.05, 0) is 19.1 Å². The van der Waals surface area contributed by atoms with Crippen LogP contribution < -0.4 is 11.1 Å². The van der Waals surface area contributed by atoms with Gasteiger partial charge in [-0.2, -0.15) is 0 Å². The maximum atomic E-state index is 11.7. The Morgan fingerprint density at radius 1 is 1.53 bits per heavy atom. The summed E-state index contributed by atoms with van der Waals surface area (Å²) in [6.07, 6.45) is 0.389. The van der Waals surface area contributed by atoms with Crippen LogP contribution in [0.2, 0.25) is 0 Å². The van der Waals surface area contributed by atoms with Crippen LogP contribution in [0.25, 0.3) is 0 Å². The van der Waals surface area contributed by atoms with Gasteiger partial charge in [-0.15, -0.1) is 0 Å². The van der Waals surface area contributed by atoms with Gasteiger partial charge in [0.05, 0.1) is 10.6 Å². The molecule has 0 aliphatic heterocycles. The molecule has 0 spiro atoms. The van der Waals surface area contributed by atoms with E-state index in [1.54, 1.807) is 6.92 Å². The molecule has 0 aliphatic carbocycles. The van der Waals surface area contributed by atoms with E-state index in [9.17, 15) is 9.90 Å². The first kappa shape index (κ1) is 13.2. The summed E-state index contributed by atoms with van der Waals surface area (Å²) in [4.78, 5) is 12.0. The lowest BCUT2D eigenvalue weighted by atomic mass is 10.1. The van der Waals surface area contributed by atoms with Crippen molar-refractivity contribution in [2.45, 2.75) is 19.4 Å². The van der Waals surface area contributed by atoms with Gasteiger partial charge in [0.25, 0.3) is 5.91 Å². The minimum Gasteiger partial charge on any atom is -0.508 e. The van der Waals surface area contributed by atoms with Gasteiger partial charge in [-0.1, -0.05) is 12.2 Å². The molecule has 5 nitrogen and oxygen atoms in total. The van der Waals surface area contributed by atoms with E-state index < -0.39 is 5.91 Å². The Labute approximate surface area is 104 Å². The first-order valence-corrected chi connectivity index (χ1v) is 5.42. The van der Waals surface area contributed by atoms with E-state index in [-0.39, 0.29) is 23.1 Å². The number of phenols is 2. The number of nitrogens with two attached hydrogens (primary N) is 1. The van der Waals surface area contributed by atoms with Gasteiger partial charge in [0.1, 0.15) is 11.5 Å². The van der Waals surface area contributed by atoms with Crippen LogP contribution in [0.5, 0.6) is 11.5 Å². The fourth-order valence-electron chi connectivity index (χ4n) is 1.37. The molecule has 0 aliphatic rings. The van der Waals surface area contributed by atoms with Crippen LogP contribution in [0.1, 0.15) is 23.7 Å². The topological polar surface area (TPSA) is 95.6 Å². The number of amides is 1. The maximum absolute atomic E-state index is 11.7. The molecule has 0 radical (unpaired) electrons. The summed E-state index contributed by atoms with van der Waals surface area (Å²) in [6, 6.07) is 3.56. The molecule has 1 aromatic rings. The molecule has 92 valence electrons. The number of nitrogens with one attached hydrogen (secondary N) is 1. The minimum atomic E-state index is -0.439. The largest absolute Gasteiger partial charge is 0.508 e. The molecule has 1 aromatic carbocycles. The lowest BCUT2D eigenvalue weighted by molar-refractivity contribution is 0.0938. The number of carbonyl (C=O) groups excluding carboxylic acids is 1. The minimum absolute atomic E-state index is 0.0950. The van der Waals surface area contributed by atoms with E-state index in [1.165, 1.54) is 12.1 Å². The first-order chi connectivity index (χ1) is 7.90. The van der Waals surface area contributed by atoms with Gasteiger partial charge in [0, 0.05) is 18.5 Å². The molecule has 1 amide bonds. The van der Waals surface area contributed by atoms with Gasteiger partial charge >= 0.3 is 0 Å². The normalized spacial score (nSPS) is 11.8. The van der Waals surface area contributed by atoms with Crippen molar-refractivity contribution in [2.24, 2.45) is 5.73 Å². The maximum Gasteiger partial charge on any atom is 0.255 e. The molecule has 0 saturated carbocycles. The summed E-state index contributed by atoms with van der Waals surface area (Å²) < 4.78 is 0. The standard InChI is InChI=1S/C11H14N2O3S/c1-6(4-10(12)17)13-11(16)8-3-2-7(14)5-9(8)15/h2-3,5-6,14-15H,4H2,1H3,(H2,12,17)(H,13,16). The van der Waals surface area contributed by atoms with Crippen molar-refractivity contribution in [3.05, 3.63) is 23.8 Å². The summed E-state index contributed by atoms with van der Waals surface area (Å²) >= 11 is 4.73. The van der Waals surface area contributed by atoms with Crippen LogP contribution in [0.15, 0.2) is 18.2 Å². The molecular formula is C11H14N2O3S. The smallest absolute Gasteiger partial charge is 0.255 e. The number of hydrogen-bond donors (Lipinski definition) is 4. The number of phenolic OH excluding ortho intramolecular Hbond substituents is 2. The Morgan fingerprint density at radius 2 is 2.18 bits per heavy atom. The summed E-state index contributed by atoms with van der Waals surface area (Å²) in [6.45, 7) is 1.76. The molecule has 0 bridgehead atoms. The highest BCUT2D eigenvalue weighted by Crippen LogP contribution is 2.22. The molecule has 0 saturated heterocycles. The van der Waals surface area contributed by atoms with Gasteiger partial charge in [0.2, 0.25) is 0 Å². The van der Waals surface area contributed by atoms with Crippen LogP contribution in [-0.4, -0.2) is 27.2 Å². The fraction of sp³-hybridized carbons (Fsp3) is 0.273. The second-order valence-corrected chi connectivity index (χ2v) is 4.27. The second-order valence-electron chi connectivity index (χ2n) is 3.75. The first-order valence-electron chi connectivity index (χ1n) is 5.01. The quantitative estimate of drug-likeness (QED) is 0.599. The summed E-state index contributed by atoms with van der Waals surface area (Å²) in [5.74, 6) is -0.813. The average Bonchev–Trinajstić information content (AvgIpc) is 2.15. The van der Waals surface area contributed by atoms with Gasteiger partial charge in [0.15, 0.2) is 0 Å². The third-order valence-electron chi connectivity index (χ3n) is 2.11. The number of benzene rings is 1. The van der Waals surface area contributed by atoms with E-state index in [2.05, 4.69) is 5.32 Å². The van der Waals surface area contributed by atoms with E-state index >= 15 is 0 Å². The van der Waals surface area contributed by atoms with E-state index in [1.807, 2.05) is 0 Å². The molecule has 1 rings (SSSR count). The lowest BCUT2D eigenvalue weighted by Crippen LogP contribution is -2.35. The predicted molar refractivity (Wildman–Crippen MR) is 68.1 cm³/mol. The molecule has 1 unspecified atom stereocenters. The third kappa shape index (κ3) is 3.92. The van der Waals surface area contributed by atoms with Crippen LogP contribution in [0.3, 0.4) is 0 Å². The average molecular weight is 254 g/mol. The lowest BCUT2D eigenvalue weighted by Gasteiger charge is -2.13. The second kappa shape index (κ2) is 5.49.